The maximum Gasteiger partial charge on any atom is 0.306 e. The van der Waals surface area contributed by atoms with Gasteiger partial charge in [0, 0.05) is 43.9 Å². The molecular weight excluding hydrogens is 484 g/mol. The van der Waals surface area contributed by atoms with E-state index in [0.29, 0.717) is 25.2 Å². The fraction of sp³-hybridized carbons (Fsp3) is 0.710. The number of hydrogen-bond acceptors (Lipinski definition) is 7. The van der Waals surface area contributed by atoms with Gasteiger partial charge in [0.05, 0.1) is 0 Å². The maximum absolute atomic E-state index is 12.5. The molecule has 7 nitrogen and oxygen atoms in total. The Balaban J connectivity index is 1.50. The Morgan fingerprint density at radius 3 is 2.42 bits per heavy atom. The summed E-state index contributed by atoms with van der Waals surface area (Å²) in [5.74, 6) is 1.71. The molecule has 0 bridgehead atoms. The number of carbonyl (C=O) groups excluding carboxylic acids is 3. The third-order valence-electron chi connectivity index (χ3n) is 11.1. The summed E-state index contributed by atoms with van der Waals surface area (Å²) >= 11 is 0. The second-order valence-corrected chi connectivity index (χ2v) is 13.0. The fourth-order valence-corrected chi connectivity index (χ4v) is 9.58. The van der Waals surface area contributed by atoms with E-state index in [-0.39, 0.29) is 58.7 Å². The highest BCUT2D eigenvalue weighted by atomic mass is 16.6. The summed E-state index contributed by atoms with van der Waals surface area (Å²) in [5.41, 5.74) is 0.288. The van der Waals surface area contributed by atoms with Crippen LogP contribution >= 0.6 is 0 Å². The van der Waals surface area contributed by atoms with Gasteiger partial charge in [0.25, 0.3) is 0 Å². The lowest BCUT2D eigenvalue weighted by Gasteiger charge is -2.62. The van der Waals surface area contributed by atoms with E-state index in [2.05, 4.69) is 26.0 Å². The zero-order valence-corrected chi connectivity index (χ0v) is 23.2. The van der Waals surface area contributed by atoms with E-state index in [0.717, 1.165) is 43.6 Å². The molecule has 0 N–H and O–H groups in total. The van der Waals surface area contributed by atoms with Crippen molar-refractivity contribution in [1.82, 2.24) is 0 Å². The lowest BCUT2D eigenvalue weighted by molar-refractivity contribution is -0.198. The second-order valence-electron chi connectivity index (χ2n) is 13.0. The monoisotopic (exact) mass is 524 g/mol. The van der Waals surface area contributed by atoms with Gasteiger partial charge < -0.3 is 18.6 Å². The first kappa shape index (κ1) is 25.7. The van der Waals surface area contributed by atoms with Crippen LogP contribution in [0.3, 0.4) is 0 Å². The topological polar surface area (TPSA) is 92.0 Å². The minimum Gasteiger partial charge on any atom is -0.466 e. The molecule has 0 amide bonds. The second kappa shape index (κ2) is 8.72. The van der Waals surface area contributed by atoms with E-state index in [4.69, 9.17) is 18.6 Å². The van der Waals surface area contributed by atoms with Crippen molar-refractivity contribution in [2.24, 2.45) is 28.6 Å². The van der Waals surface area contributed by atoms with Crippen molar-refractivity contribution in [3.63, 3.8) is 0 Å². The van der Waals surface area contributed by atoms with E-state index < -0.39 is 5.60 Å². The van der Waals surface area contributed by atoms with Gasteiger partial charge in [0.2, 0.25) is 0 Å². The Bertz CT molecular complexity index is 1200. The van der Waals surface area contributed by atoms with Crippen molar-refractivity contribution in [2.75, 3.05) is 0 Å². The third kappa shape index (κ3) is 3.70. The molecule has 7 heteroatoms. The molecule has 1 aromatic rings. The molecule has 1 aliphatic heterocycles. The number of esters is 3. The van der Waals surface area contributed by atoms with Gasteiger partial charge in [0.15, 0.2) is 0 Å². The van der Waals surface area contributed by atoms with Gasteiger partial charge in [-0.3, -0.25) is 14.4 Å². The van der Waals surface area contributed by atoms with E-state index in [1.807, 2.05) is 13.0 Å². The average Bonchev–Trinajstić information content (AvgIpc) is 3.51. The molecule has 2 heterocycles. The zero-order valence-electron chi connectivity index (χ0n) is 23.2. The Kier molecular flexibility index (Phi) is 5.90. The highest BCUT2D eigenvalue weighted by molar-refractivity contribution is 5.72. The van der Waals surface area contributed by atoms with Crippen LogP contribution in [0.25, 0.3) is 0 Å². The van der Waals surface area contributed by atoms with Gasteiger partial charge in [-0.05, 0) is 74.8 Å². The van der Waals surface area contributed by atoms with Gasteiger partial charge in [-0.1, -0.05) is 25.5 Å². The van der Waals surface area contributed by atoms with Crippen LogP contribution in [0, 0.1) is 35.5 Å². The van der Waals surface area contributed by atoms with E-state index in [1.165, 1.54) is 19.4 Å². The van der Waals surface area contributed by atoms with Crippen molar-refractivity contribution < 1.29 is 33.0 Å². The molecule has 0 radical (unpaired) electrons. The van der Waals surface area contributed by atoms with Crippen molar-refractivity contribution in [2.45, 2.75) is 110 Å². The molecule has 3 saturated carbocycles. The van der Waals surface area contributed by atoms with Crippen LogP contribution in [-0.4, -0.2) is 35.7 Å². The number of ether oxygens (including phenoxy) is 3. The first-order valence-corrected chi connectivity index (χ1v) is 14.3. The molecule has 206 valence electrons. The van der Waals surface area contributed by atoms with Crippen LogP contribution in [-0.2, 0) is 28.6 Å². The fourth-order valence-electron chi connectivity index (χ4n) is 9.58. The number of hydrogen-bond donors (Lipinski definition) is 0. The van der Waals surface area contributed by atoms with Crippen LogP contribution in [0.1, 0.15) is 96.5 Å². The normalized spacial score (nSPS) is 43.5. The number of furan rings is 1. The van der Waals surface area contributed by atoms with Crippen molar-refractivity contribution >= 4 is 17.9 Å². The predicted molar refractivity (Wildman–Crippen MR) is 138 cm³/mol. The van der Waals surface area contributed by atoms with Gasteiger partial charge in [0.1, 0.15) is 29.3 Å². The molecule has 1 spiro atoms. The minimum atomic E-state index is -0.500. The lowest BCUT2D eigenvalue weighted by Crippen LogP contribution is -2.61. The maximum atomic E-state index is 12.5. The summed E-state index contributed by atoms with van der Waals surface area (Å²) in [6.45, 7) is 9.53. The van der Waals surface area contributed by atoms with Crippen LogP contribution in [0.2, 0.25) is 0 Å². The zero-order chi connectivity index (χ0) is 27.0. The molecule has 1 aromatic heterocycles. The molecule has 7 unspecified atom stereocenters. The number of aryl methyl sites for hydroxylation is 1. The highest BCUT2D eigenvalue weighted by Crippen LogP contribution is 2.71. The molecule has 4 fully saturated rings. The first-order chi connectivity index (χ1) is 18.0. The van der Waals surface area contributed by atoms with Crippen molar-refractivity contribution in [3.8, 4) is 0 Å². The van der Waals surface area contributed by atoms with Crippen molar-refractivity contribution in [3.05, 3.63) is 35.3 Å². The van der Waals surface area contributed by atoms with E-state index in [9.17, 15) is 14.4 Å². The Labute approximate surface area is 224 Å². The minimum absolute atomic E-state index is 0.00258. The third-order valence-corrected chi connectivity index (χ3v) is 11.1. The molecule has 1 saturated heterocycles. The molecule has 9 atom stereocenters. The van der Waals surface area contributed by atoms with E-state index >= 15 is 0 Å². The highest BCUT2D eigenvalue weighted by Gasteiger charge is 2.71. The Morgan fingerprint density at radius 2 is 1.79 bits per heavy atom. The van der Waals surface area contributed by atoms with Crippen LogP contribution in [0.4, 0.5) is 0 Å². The number of allylic oxidation sites excluding steroid dienone is 1. The molecule has 4 aliphatic carbocycles. The summed E-state index contributed by atoms with van der Waals surface area (Å²) in [4.78, 5) is 36.8. The molecule has 38 heavy (non-hydrogen) atoms. The smallest absolute Gasteiger partial charge is 0.306 e. The van der Waals surface area contributed by atoms with Crippen LogP contribution in [0.15, 0.2) is 28.2 Å². The summed E-state index contributed by atoms with van der Waals surface area (Å²) in [6, 6.07) is 4.09. The van der Waals surface area contributed by atoms with Gasteiger partial charge in [-0.2, -0.15) is 0 Å². The van der Waals surface area contributed by atoms with Crippen LogP contribution in [0.5, 0.6) is 0 Å². The summed E-state index contributed by atoms with van der Waals surface area (Å²) < 4.78 is 24.4. The van der Waals surface area contributed by atoms with Gasteiger partial charge >= 0.3 is 17.9 Å². The van der Waals surface area contributed by atoms with Gasteiger partial charge in [-0.15, -0.1) is 0 Å². The number of carbonyl (C=O) groups is 3. The standard InChI is InChI=1S/C31H40O7/c1-17-6-7-24(35-17)22-15-20-14-21(36-18(2)32)8-11-29(20,4)28-25(37-19(3)33)16-30(5)23(27(22)28)9-12-31(30)13-10-26(34)38-31/h6-7,15,21-23,25,27-28H,8-14,16H2,1-5H3/t21?,22?,23-,25+,27?,28?,29?,30?,31?/m0/s1. The number of rotatable bonds is 3. The van der Waals surface area contributed by atoms with E-state index in [1.54, 1.807) is 0 Å². The predicted octanol–water partition coefficient (Wildman–Crippen LogP) is 5.79. The lowest BCUT2D eigenvalue weighted by atomic mass is 9.44. The quantitative estimate of drug-likeness (QED) is 0.281. The molecule has 0 aromatic carbocycles. The molecule has 6 rings (SSSR count). The van der Waals surface area contributed by atoms with Gasteiger partial charge in [-0.25, -0.2) is 0 Å². The first-order valence-electron chi connectivity index (χ1n) is 14.3. The van der Waals surface area contributed by atoms with Crippen molar-refractivity contribution in [1.29, 1.82) is 0 Å². The Morgan fingerprint density at radius 1 is 1.03 bits per heavy atom. The summed E-state index contributed by atoms with van der Waals surface area (Å²) in [5, 5.41) is 0. The Hall–Kier alpha value is -2.57. The summed E-state index contributed by atoms with van der Waals surface area (Å²) in [6.07, 6.45) is 7.98. The SMILES string of the molecule is CC(=O)OC1CCC2(C)C(=CC(c3ccc(C)o3)C3C2[C@H](OC(C)=O)CC2(C)[C@H]3CCC23CCC(=O)O3)C1. The summed E-state index contributed by atoms with van der Waals surface area (Å²) in [7, 11) is 0. The largest absolute Gasteiger partial charge is 0.466 e. The van der Waals surface area contributed by atoms with Crippen LogP contribution < -0.4 is 0 Å². The molecule has 5 aliphatic rings. The molecular formula is C31H40O7. The number of fused-ring (bicyclic) bond motifs is 6. The average molecular weight is 525 g/mol.